The van der Waals surface area contributed by atoms with Crippen molar-refractivity contribution < 1.29 is 9.50 Å². The van der Waals surface area contributed by atoms with Gasteiger partial charge >= 0.3 is 0 Å². The Morgan fingerprint density at radius 2 is 2.38 bits per heavy atom. The summed E-state index contributed by atoms with van der Waals surface area (Å²) in [6, 6.07) is 1.55. The van der Waals surface area contributed by atoms with Crippen LogP contribution in [-0.4, -0.2) is 14.5 Å². The number of pyridine rings is 1. The summed E-state index contributed by atoms with van der Waals surface area (Å²) in [7, 11) is 0. The molecule has 0 aromatic carbocycles. The number of aliphatic hydroxyl groups is 1. The van der Waals surface area contributed by atoms with E-state index in [-0.39, 0.29) is 17.8 Å². The van der Waals surface area contributed by atoms with Crippen molar-refractivity contribution in [3.8, 4) is 0 Å². The lowest BCUT2D eigenvalue weighted by Crippen LogP contribution is -1.94. The number of hydrogen-bond acceptors (Lipinski definition) is 2. The molecule has 0 radical (unpaired) electrons. The van der Waals surface area contributed by atoms with Gasteiger partial charge in [-0.3, -0.25) is 0 Å². The zero-order valence-corrected chi connectivity index (χ0v) is 7.16. The Balaban J connectivity index is 2.78. The van der Waals surface area contributed by atoms with Gasteiger partial charge in [-0.1, -0.05) is 0 Å². The van der Waals surface area contributed by atoms with Crippen molar-refractivity contribution in [2.45, 2.75) is 13.5 Å². The maximum absolute atomic E-state index is 13.4. The van der Waals surface area contributed by atoms with Crippen LogP contribution in [0.5, 0.6) is 0 Å². The van der Waals surface area contributed by atoms with Gasteiger partial charge in [0.1, 0.15) is 0 Å². The Hall–Kier alpha value is -1.42. The molecule has 0 aliphatic carbocycles. The number of halogens is 1. The SMILES string of the molecule is Cc1cn2ccc(CO)c(F)c2n1. The van der Waals surface area contributed by atoms with Crippen LogP contribution in [0.25, 0.3) is 5.65 Å². The average Bonchev–Trinajstić information content (AvgIpc) is 2.47. The number of aromatic nitrogens is 2. The van der Waals surface area contributed by atoms with Crippen LogP contribution in [0, 0.1) is 12.7 Å². The molecule has 0 spiro atoms. The Labute approximate surface area is 74.5 Å². The molecule has 0 bridgehead atoms. The molecule has 0 unspecified atom stereocenters. The summed E-state index contributed by atoms with van der Waals surface area (Å²) in [5, 5.41) is 8.81. The van der Waals surface area contributed by atoms with E-state index in [1.165, 1.54) is 0 Å². The van der Waals surface area contributed by atoms with E-state index < -0.39 is 5.82 Å². The summed E-state index contributed by atoms with van der Waals surface area (Å²) in [5.74, 6) is -0.446. The normalized spacial score (nSPS) is 11.0. The van der Waals surface area contributed by atoms with E-state index in [1.807, 2.05) is 0 Å². The summed E-state index contributed by atoms with van der Waals surface area (Å²) >= 11 is 0. The summed E-state index contributed by atoms with van der Waals surface area (Å²) in [4.78, 5) is 4.00. The second-order valence-electron chi connectivity index (χ2n) is 2.93. The van der Waals surface area contributed by atoms with Gasteiger partial charge in [0.2, 0.25) is 0 Å². The molecule has 0 aliphatic heterocycles. The molecule has 0 amide bonds. The van der Waals surface area contributed by atoms with E-state index in [0.29, 0.717) is 0 Å². The lowest BCUT2D eigenvalue weighted by Gasteiger charge is -1.99. The maximum Gasteiger partial charge on any atom is 0.173 e. The molecule has 0 fully saturated rings. The average molecular weight is 180 g/mol. The summed E-state index contributed by atoms with van der Waals surface area (Å²) in [5.41, 5.74) is 1.30. The Bertz CT molecular complexity index is 450. The Morgan fingerprint density at radius 3 is 3.08 bits per heavy atom. The van der Waals surface area contributed by atoms with Crippen molar-refractivity contribution in [2.75, 3.05) is 0 Å². The maximum atomic E-state index is 13.4. The monoisotopic (exact) mass is 180 g/mol. The third kappa shape index (κ3) is 1.19. The van der Waals surface area contributed by atoms with Crippen LogP contribution >= 0.6 is 0 Å². The van der Waals surface area contributed by atoms with Gasteiger partial charge in [0, 0.05) is 18.0 Å². The molecule has 4 heteroatoms. The lowest BCUT2D eigenvalue weighted by atomic mass is 10.2. The van der Waals surface area contributed by atoms with Gasteiger partial charge in [-0.25, -0.2) is 9.37 Å². The van der Waals surface area contributed by atoms with E-state index in [1.54, 1.807) is 29.8 Å². The fourth-order valence-electron chi connectivity index (χ4n) is 1.30. The van der Waals surface area contributed by atoms with Crippen LogP contribution in [-0.2, 0) is 6.61 Å². The highest BCUT2D eigenvalue weighted by Gasteiger charge is 2.08. The summed E-state index contributed by atoms with van der Waals surface area (Å²) in [6.45, 7) is 1.50. The zero-order valence-electron chi connectivity index (χ0n) is 7.16. The standard InChI is InChI=1S/C9H9FN2O/c1-6-4-12-3-2-7(5-13)8(10)9(12)11-6/h2-4,13H,5H2,1H3. The van der Waals surface area contributed by atoms with Gasteiger partial charge in [0.15, 0.2) is 11.5 Å². The molecule has 68 valence electrons. The van der Waals surface area contributed by atoms with Gasteiger partial charge in [0.25, 0.3) is 0 Å². The molecule has 3 nitrogen and oxygen atoms in total. The van der Waals surface area contributed by atoms with Crippen LogP contribution in [0.3, 0.4) is 0 Å². The van der Waals surface area contributed by atoms with E-state index in [0.717, 1.165) is 5.69 Å². The van der Waals surface area contributed by atoms with E-state index >= 15 is 0 Å². The third-order valence-corrected chi connectivity index (χ3v) is 1.94. The summed E-state index contributed by atoms with van der Waals surface area (Å²) < 4.78 is 15.0. The molecular weight excluding hydrogens is 171 g/mol. The predicted molar refractivity (Wildman–Crippen MR) is 45.8 cm³/mol. The number of imidazole rings is 1. The van der Waals surface area contributed by atoms with Crippen LogP contribution in [0.1, 0.15) is 11.3 Å². The highest BCUT2D eigenvalue weighted by Crippen LogP contribution is 2.13. The smallest absolute Gasteiger partial charge is 0.173 e. The zero-order chi connectivity index (χ0) is 9.42. The fraction of sp³-hybridized carbons (Fsp3) is 0.222. The van der Waals surface area contributed by atoms with E-state index in [4.69, 9.17) is 5.11 Å². The Morgan fingerprint density at radius 1 is 1.62 bits per heavy atom. The van der Waals surface area contributed by atoms with Crippen LogP contribution in [0.4, 0.5) is 4.39 Å². The fourth-order valence-corrected chi connectivity index (χ4v) is 1.30. The van der Waals surface area contributed by atoms with Crippen LogP contribution in [0.2, 0.25) is 0 Å². The van der Waals surface area contributed by atoms with Crippen molar-refractivity contribution in [1.29, 1.82) is 0 Å². The van der Waals surface area contributed by atoms with E-state index in [2.05, 4.69) is 4.98 Å². The first kappa shape index (κ1) is 8.19. The number of aryl methyl sites for hydroxylation is 1. The molecule has 0 saturated carbocycles. The Kier molecular flexibility index (Phi) is 1.77. The highest BCUT2D eigenvalue weighted by atomic mass is 19.1. The molecule has 2 aromatic heterocycles. The number of rotatable bonds is 1. The molecule has 2 rings (SSSR count). The van der Waals surface area contributed by atoms with Gasteiger partial charge in [-0.05, 0) is 13.0 Å². The number of fused-ring (bicyclic) bond motifs is 1. The molecule has 0 saturated heterocycles. The first-order valence-corrected chi connectivity index (χ1v) is 3.96. The van der Waals surface area contributed by atoms with Gasteiger partial charge < -0.3 is 9.51 Å². The lowest BCUT2D eigenvalue weighted by molar-refractivity contribution is 0.276. The second kappa shape index (κ2) is 2.81. The third-order valence-electron chi connectivity index (χ3n) is 1.94. The van der Waals surface area contributed by atoms with Gasteiger partial charge in [-0.15, -0.1) is 0 Å². The minimum Gasteiger partial charge on any atom is -0.392 e. The summed E-state index contributed by atoms with van der Waals surface area (Å²) in [6.07, 6.45) is 3.42. The van der Waals surface area contributed by atoms with Crippen LogP contribution < -0.4 is 0 Å². The van der Waals surface area contributed by atoms with Crippen LogP contribution in [0.15, 0.2) is 18.5 Å². The van der Waals surface area contributed by atoms with Crippen molar-refractivity contribution in [3.63, 3.8) is 0 Å². The first-order chi connectivity index (χ1) is 6.22. The molecule has 1 N–H and O–H groups in total. The number of nitrogens with zero attached hydrogens (tertiary/aromatic N) is 2. The second-order valence-corrected chi connectivity index (χ2v) is 2.93. The van der Waals surface area contributed by atoms with E-state index in [9.17, 15) is 4.39 Å². The topological polar surface area (TPSA) is 37.5 Å². The minimum absolute atomic E-state index is 0.268. The molecule has 2 heterocycles. The van der Waals surface area contributed by atoms with Crippen molar-refractivity contribution >= 4 is 5.65 Å². The molecule has 2 aromatic rings. The van der Waals surface area contributed by atoms with Gasteiger partial charge in [-0.2, -0.15) is 0 Å². The molecule has 0 aliphatic rings. The van der Waals surface area contributed by atoms with Crippen molar-refractivity contribution in [3.05, 3.63) is 35.5 Å². The molecule has 13 heavy (non-hydrogen) atoms. The number of hydrogen-bond donors (Lipinski definition) is 1. The number of aliphatic hydroxyl groups excluding tert-OH is 1. The minimum atomic E-state index is -0.446. The largest absolute Gasteiger partial charge is 0.392 e. The van der Waals surface area contributed by atoms with Crippen molar-refractivity contribution in [1.82, 2.24) is 9.38 Å². The first-order valence-electron chi connectivity index (χ1n) is 3.96. The molecule has 0 atom stereocenters. The van der Waals surface area contributed by atoms with Crippen molar-refractivity contribution in [2.24, 2.45) is 0 Å². The quantitative estimate of drug-likeness (QED) is 0.717. The van der Waals surface area contributed by atoms with Gasteiger partial charge in [0.05, 0.1) is 12.3 Å². The highest BCUT2D eigenvalue weighted by molar-refractivity contribution is 5.44. The molecular formula is C9H9FN2O. The predicted octanol–water partition coefficient (Wildman–Crippen LogP) is 1.27.